The van der Waals surface area contributed by atoms with E-state index in [9.17, 15) is 19.2 Å². The maximum atomic E-state index is 11.6. The average molecular weight is 305 g/mol. The molecule has 0 atom stereocenters. The zero-order valence-corrected chi connectivity index (χ0v) is 12.3. The Hall–Kier alpha value is -2.96. The van der Waals surface area contributed by atoms with Gasteiger partial charge in [-0.05, 0) is 30.7 Å². The molecule has 116 valence electrons. The SMILES string of the molecule is CC(=O)N/C(=C\c1ccc(OC(C)=O)c(C(C)=O)c1)C(=O)O. The van der Waals surface area contributed by atoms with E-state index in [1.54, 1.807) is 0 Å². The second-order valence-electron chi connectivity index (χ2n) is 4.45. The Bertz CT molecular complexity index is 675. The third-order valence-corrected chi connectivity index (χ3v) is 2.49. The summed E-state index contributed by atoms with van der Waals surface area (Å²) >= 11 is 0. The summed E-state index contributed by atoms with van der Waals surface area (Å²) in [5.41, 5.74) is 0.172. The summed E-state index contributed by atoms with van der Waals surface area (Å²) in [6.45, 7) is 3.68. The van der Waals surface area contributed by atoms with E-state index >= 15 is 0 Å². The minimum atomic E-state index is -1.32. The van der Waals surface area contributed by atoms with Crippen LogP contribution < -0.4 is 10.1 Å². The summed E-state index contributed by atoms with van der Waals surface area (Å²) in [7, 11) is 0. The molecule has 0 bridgehead atoms. The molecule has 0 aromatic heterocycles. The molecule has 0 spiro atoms. The Morgan fingerprint density at radius 2 is 1.77 bits per heavy atom. The Balaban J connectivity index is 3.28. The van der Waals surface area contributed by atoms with Gasteiger partial charge in [0, 0.05) is 13.8 Å². The lowest BCUT2D eigenvalue weighted by atomic mass is 10.1. The van der Waals surface area contributed by atoms with Gasteiger partial charge in [0.05, 0.1) is 5.56 Å². The number of benzene rings is 1. The number of carboxylic acid groups (broad SMARTS) is 1. The maximum Gasteiger partial charge on any atom is 0.352 e. The minimum absolute atomic E-state index is 0.0913. The Labute approximate surface area is 126 Å². The van der Waals surface area contributed by atoms with Gasteiger partial charge in [-0.15, -0.1) is 0 Å². The number of hydrogen-bond acceptors (Lipinski definition) is 5. The first-order valence-corrected chi connectivity index (χ1v) is 6.26. The summed E-state index contributed by atoms with van der Waals surface area (Å²) in [5, 5.41) is 11.2. The van der Waals surface area contributed by atoms with E-state index in [-0.39, 0.29) is 22.8 Å². The van der Waals surface area contributed by atoms with Gasteiger partial charge >= 0.3 is 11.9 Å². The third kappa shape index (κ3) is 4.86. The monoisotopic (exact) mass is 305 g/mol. The summed E-state index contributed by atoms with van der Waals surface area (Å²) in [4.78, 5) is 44.6. The van der Waals surface area contributed by atoms with Crippen molar-refractivity contribution in [3.8, 4) is 5.75 Å². The van der Waals surface area contributed by atoms with Crippen LogP contribution in [0.25, 0.3) is 6.08 Å². The number of hydrogen-bond donors (Lipinski definition) is 2. The normalized spacial score (nSPS) is 10.8. The van der Waals surface area contributed by atoms with Crippen molar-refractivity contribution in [2.45, 2.75) is 20.8 Å². The molecule has 1 aromatic carbocycles. The van der Waals surface area contributed by atoms with Crippen LogP contribution in [0.2, 0.25) is 0 Å². The van der Waals surface area contributed by atoms with E-state index in [4.69, 9.17) is 9.84 Å². The maximum absolute atomic E-state index is 11.6. The summed E-state index contributed by atoms with van der Waals surface area (Å²) in [5.74, 6) is -2.67. The van der Waals surface area contributed by atoms with Crippen LogP contribution >= 0.6 is 0 Å². The highest BCUT2D eigenvalue weighted by molar-refractivity contribution is 5.99. The fourth-order valence-corrected chi connectivity index (χ4v) is 1.66. The van der Waals surface area contributed by atoms with Crippen LogP contribution in [0.1, 0.15) is 36.7 Å². The van der Waals surface area contributed by atoms with Crippen molar-refractivity contribution >= 4 is 29.7 Å². The number of carbonyl (C=O) groups excluding carboxylic acids is 3. The molecule has 0 aliphatic rings. The molecule has 0 aliphatic heterocycles. The quantitative estimate of drug-likeness (QED) is 0.368. The van der Waals surface area contributed by atoms with Crippen molar-refractivity contribution in [1.29, 1.82) is 0 Å². The number of aliphatic carboxylic acids is 1. The molecule has 0 saturated heterocycles. The summed E-state index contributed by atoms with van der Waals surface area (Å²) in [6, 6.07) is 4.23. The summed E-state index contributed by atoms with van der Waals surface area (Å²) in [6.07, 6.45) is 1.20. The van der Waals surface area contributed by atoms with E-state index in [0.717, 1.165) is 0 Å². The number of carboxylic acids is 1. The van der Waals surface area contributed by atoms with Gasteiger partial charge in [0.1, 0.15) is 11.4 Å². The van der Waals surface area contributed by atoms with Gasteiger partial charge in [0.2, 0.25) is 5.91 Å². The molecule has 0 saturated carbocycles. The first-order valence-electron chi connectivity index (χ1n) is 6.26. The lowest BCUT2D eigenvalue weighted by molar-refractivity contribution is -0.134. The van der Waals surface area contributed by atoms with Crippen molar-refractivity contribution in [3.63, 3.8) is 0 Å². The first-order chi connectivity index (χ1) is 10.2. The van der Waals surface area contributed by atoms with Crippen LogP contribution in [-0.4, -0.2) is 28.7 Å². The smallest absolute Gasteiger partial charge is 0.352 e. The van der Waals surface area contributed by atoms with Crippen molar-refractivity contribution < 1.29 is 29.0 Å². The van der Waals surface area contributed by atoms with Gasteiger partial charge in [0.15, 0.2) is 5.78 Å². The highest BCUT2D eigenvalue weighted by Gasteiger charge is 2.13. The number of Topliss-reactive ketones (excluding diaryl/α,β-unsaturated/α-hetero) is 1. The molecule has 7 heteroatoms. The van der Waals surface area contributed by atoms with Gasteiger partial charge in [-0.3, -0.25) is 14.4 Å². The van der Waals surface area contributed by atoms with Gasteiger partial charge in [0.25, 0.3) is 0 Å². The number of ether oxygens (including phenoxy) is 1. The number of amides is 1. The molecular formula is C15H15NO6. The van der Waals surface area contributed by atoms with Crippen molar-refractivity contribution in [2.24, 2.45) is 0 Å². The van der Waals surface area contributed by atoms with Crippen LogP contribution in [0.5, 0.6) is 5.75 Å². The second-order valence-corrected chi connectivity index (χ2v) is 4.45. The van der Waals surface area contributed by atoms with Crippen LogP contribution in [0, 0.1) is 0 Å². The standard InChI is InChI=1S/C15H15NO6/c1-8(17)12-6-11(4-5-14(12)22-10(3)19)7-13(15(20)21)16-9(2)18/h4-7H,1-3H3,(H,16,18)(H,20,21)/b13-7-. The summed E-state index contributed by atoms with van der Waals surface area (Å²) < 4.78 is 4.91. The average Bonchev–Trinajstić information content (AvgIpc) is 2.38. The fourth-order valence-electron chi connectivity index (χ4n) is 1.66. The molecule has 0 heterocycles. The minimum Gasteiger partial charge on any atom is -0.477 e. The Morgan fingerprint density at radius 3 is 2.23 bits per heavy atom. The van der Waals surface area contributed by atoms with Crippen LogP contribution in [0.4, 0.5) is 0 Å². The van der Waals surface area contributed by atoms with Crippen molar-refractivity contribution in [1.82, 2.24) is 5.32 Å². The molecule has 0 unspecified atom stereocenters. The Kier molecular flexibility index (Phi) is 5.57. The second kappa shape index (κ2) is 7.16. The topological polar surface area (TPSA) is 110 Å². The van der Waals surface area contributed by atoms with Crippen molar-refractivity contribution in [3.05, 3.63) is 35.0 Å². The highest BCUT2D eigenvalue weighted by atomic mass is 16.5. The molecule has 0 aliphatic carbocycles. The lowest BCUT2D eigenvalue weighted by Gasteiger charge is -2.08. The number of ketones is 1. The molecule has 0 fully saturated rings. The first kappa shape index (κ1) is 17.1. The van der Waals surface area contributed by atoms with Gasteiger partial charge < -0.3 is 15.2 Å². The van der Waals surface area contributed by atoms with Gasteiger partial charge in [-0.1, -0.05) is 6.07 Å². The molecule has 2 N–H and O–H groups in total. The van der Waals surface area contributed by atoms with Crippen LogP contribution in [0.15, 0.2) is 23.9 Å². The zero-order chi connectivity index (χ0) is 16.9. The lowest BCUT2D eigenvalue weighted by Crippen LogP contribution is -2.24. The fraction of sp³-hybridized carbons (Fsp3) is 0.200. The molecule has 22 heavy (non-hydrogen) atoms. The van der Waals surface area contributed by atoms with Crippen LogP contribution in [0.3, 0.4) is 0 Å². The molecule has 1 aromatic rings. The molecule has 1 rings (SSSR count). The van der Waals surface area contributed by atoms with E-state index in [1.807, 2.05) is 0 Å². The number of rotatable bonds is 5. The predicted molar refractivity (Wildman–Crippen MR) is 77.2 cm³/mol. The molecule has 1 amide bonds. The molecular weight excluding hydrogens is 290 g/mol. The van der Waals surface area contributed by atoms with E-state index < -0.39 is 17.8 Å². The van der Waals surface area contributed by atoms with E-state index in [2.05, 4.69) is 5.32 Å². The van der Waals surface area contributed by atoms with Gasteiger partial charge in [-0.25, -0.2) is 4.79 Å². The van der Waals surface area contributed by atoms with E-state index in [0.29, 0.717) is 5.56 Å². The van der Waals surface area contributed by atoms with Crippen molar-refractivity contribution in [2.75, 3.05) is 0 Å². The van der Waals surface area contributed by atoms with Crippen LogP contribution in [-0.2, 0) is 14.4 Å². The number of esters is 1. The van der Waals surface area contributed by atoms with E-state index in [1.165, 1.54) is 45.0 Å². The predicted octanol–water partition coefficient (Wildman–Crippen LogP) is 1.38. The van der Waals surface area contributed by atoms with Gasteiger partial charge in [-0.2, -0.15) is 0 Å². The highest BCUT2D eigenvalue weighted by Crippen LogP contribution is 2.22. The largest absolute Gasteiger partial charge is 0.477 e. The zero-order valence-electron chi connectivity index (χ0n) is 12.3. The molecule has 7 nitrogen and oxygen atoms in total. The Morgan fingerprint density at radius 1 is 1.14 bits per heavy atom. The third-order valence-electron chi connectivity index (χ3n) is 2.49. The number of carbonyl (C=O) groups is 4. The molecule has 0 radical (unpaired) electrons. The number of nitrogens with one attached hydrogen (secondary N) is 1.